The molecule has 1 unspecified atom stereocenters. The molecule has 0 N–H and O–H groups in total. The van der Waals surface area contributed by atoms with Crippen LogP contribution in [-0.4, -0.2) is 42.1 Å². The van der Waals surface area contributed by atoms with Crippen LogP contribution in [0.15, 0.2) is 54.6 Å². The number of likely N-dealkylation sites (tertiary alicyclic amines) is 1. The third-order valence-corrected chi connectivity index (χ3v) is 6.21. The van der Waals surface area contributed by atoms with Gasteiger partial charge in [0.1, 0.15) is 18.0 Å². The summed E-state index contributed by atoms with van der Waals surface area (Å²) in [5.74, 6) is 0. The molecular weight excluding hydrogens is 402 g/mol. The van der Waals surface area contributed by atoms with Gasteiger partial charge in [0, 0.05) is 18.5 Å². The van der Waals surface area contributed by atoms with Crippen molar-refractivity contribution in [3.05, 3.63) is 71.3 Å². The molecule has 2 aromatic rings. The number of hydrogen-bond acceptors (Lipinski definition) is 4. The predicted molar refractivity (Wildman–Crippen MR) is 125 cm³/mol. The number of piperidine rings is 1. The highest BCUT2D eigenvalue weighted by Gasteiger charge is 2.44. The molecule has 0 saturated carbocycles. The summed E-state index contributed by atoms with van der Waals surface area (Å²) in [4.78, 5) is 26.6. The van der Waals surface area contributed by atoms with Crippen molar-refractivity contribution in [3.8, 4) is 0 Å². The zero-order valence-electron chi connectivity index (χ0n) is 19.7. The van der Waals surface area contributed by atoms with Gasteiger partial charge < -0.3 is 19.2 Å². The van der Waals surface area contributed by atoms with E-state index >= 15 is 0 Å². The van der Waals surface area contributed by atoms with Crippen LogP contribution in [0.5, 0.6) is 0 Å². The summed E-state index contributed by atoms with van der Waals surface area (Å²) in [5.41, 5.74) is 2.55. The van der Waals surface area contributed by atoms with E-state index in [2.05, 4.69) is 19.1 Å². The Morgan fingerprint density at radius 3 is 2.28 bits per heavy atom. The number of ether oxygens (including phenoxy) is 2. The van der Waals surface area contributed by atoms with Gasteiger partial charge in [-0.3, -0.25) is 0 Å². The van der Waals surface area contributed by atoms with Crippen LogP contribution in [0.3, 0.4) is 0 Å². The average molecular weight is 438 g/mol. The van der Waals surface area contributed by atoms with Gasteiger partial charge in [-0.15, -0.1) is 0 Å². The second-order valence-corrected chi connectivity index (χ2v) is 9.79. The van der Waals surface area contributed by atoms with Crippen LogP contribution in [0.1, 0.15) is 50.3 Å². The Morgan fingerprint density at radius 1 is 1.06 bits per heavy atom. The molecule has 1 atom stereocenters. The molecule has 1 aliphatic rings. The maximum Gasteiger partial charge on any atom is 0.410 e. The summed E-state index contributed by atoms with van der Waals surface area (Å²) < 4.78 is 11.8. The molecular formula is C27H35NO4. The van der Waals surface area contributed by atoms with E-state index in [0.717, 1.165) is 18.3 Å². The molecule has 1 heterocycles. The van der Waals surface area contributed by atoms with Crippen molar-refractivity contribution < 1.29 is 19.1 Å². The van der Waals surface area contributed by atoms with Gasteiger partial charge >= 0.3 is 6.09 Å². The number of amides is 1. The monoisotopic (exact) mass is 437 g/mol. The molecule has 2 aromatic carbocycles. The van der Waals surface area contributed by atoms with Gasteiger partial charge in [0.25, 0.3) is 0 Å². The first-order valence-corrected chi connectivity index (χ1v) is 11.4. The van der Waals surface area contributed by atoms with Gasteiger partial charge in [-0.1, -0.05) is 54.6 Å². The Hall–Kier alpha value is -2.66. The number of aldehydes is 1. The first-order valence-electron chi connectivity index (χ1n) is 11.4. The zero-order chi connectivity index (χ0) is 23.2. The minimum Gasteiger partial charge on any atom is -0.444 e. The standard InChI is InChI=1S/C27H35NO4/c1-21-10-8-9-13-23(21)18-27(24(19-29)31-20-22-11-6-5-7-12-22)14-16-28(17-15-27)25(30)32-26(2,3)4/h5-13,19,24H,14-18,20H2,1-4H3. The quantitative estimate of drug-likeness (QED) is 0.549. The molecule has 0 radical (unpaired) electrons. The van der Waals surface area contributed by atoms with Crippen LogP contribution in [0.25, 0.3) is 0 Å². The molecule has 5 nitrogen and oxygen atoms in total. The highest BCUT2D eigenvalue weighted by molar-refractivity contribution is 5.68. The zero-order valence-corrected chi connectivity index (χ0v) is 19.7. The minimum absolute atomic E-state index is 0.296. The van der Waals surface area contributed by atoms with E-state index in [1.165, 1.54) is 11.1 Å². The Bertz CT molecular complexity index is 895. The van der Waals surface area contributed by atoms with E-state index in [0.29, 0.717) is 32.5 Å². The minimum atomic E-state index is -0.553. The second kappa shape index (κ2) is 10.3. The SMILES string of the molecule is Cc1ccccc1CC1(C(C=O)OCc2ccccc2)CCN(C(=O)OC(C)(C)C)CC1. The summed E-state index contributed by atoms with van der Waals surface area (Å²) >= 11 is 0. The van der Waals surface area contributed by atoms with Gasteiger partial charge in [-0.25, -0.2) is 4.79 Å². The van der Waals surface area contributed by atoms with Crippen LogP contribution in [0, 0.1) is 12.3 Å². The lowest BCUT2D eigenvalue weighted by atomic mass is 9.69. The van der Waals surface area contributed by atoms with Crippen LogP contribution in [0.4, 0.5) is 4.79 Å². The molecule has 3 rings (SSSR count). The number of nitrogens with zero attached hydrogens (tertiary/aromatic N) is 1. The highest BCUT2D eigenvalue weighted by Crippen LogP contribution is 2.40. The van der Waals surface area contributed by atoms with Gasteiger partial charge in [-0.05, 0) is 63.6 Å². The van der Waals surface area contributed by atoms with Crippen molar-refractivity contribution in [1.82, 2.24) is 4.90 Å². The fraction of sp³-hybridized carbons (Fsp3) is 0.481. The topological polar surface area (TPSA) is 55.8 Å². The van der Waals surface area contributed by atoms with E-state index in [9.17, 15) is 9.59 Å². The highest BCUT2D eigenvalue weighted by atomic mass is 16.6. The lowest BCUT2D eigenvalue weighted by Crippen LogP contribution is -2.51. The molecule has 0 aromatic heterocycles. The van der Waals surface area contributed by atoms with Crippen LogP contribution in [0.2, 0.25) is 0 Å². The van der Waals surface area contributed by atoms with Gasteiger partial charge in [0.2, 0.25) is 0 Å². The Kier molecular flexibility index (Phi) is 7.73. The Morgan fingerprint density at radius 2 is 1.69 bits per heavy atom. The number of carbonyl (C=O) groups excluding carboxylic acids is 2. The molecule has 0 bridgehead atoms. The van der Waals surface area contributed by atoms with Crippen molar-refractivity contribution >= 4 is 12.4 Å². The second-order valence-electron chi connectivity index (χ2n) is 9.79. The van der Waals surface area contributed by atoms with Crippen molar-refractivity contribution in [2.24, 2.45) is 5.41 Å². The molecule has 5 heteroatoms. The molecule has 1 amide bonds. The molecule has 172 valence electrons. The normalized spacial score (nSPS) is 16.9. The molecule has 1 aliphatic heterocycles. The van der Waals surface area contributed by atoms with Crippen LogP contribution < -0.4 is 0 Å². The molecule has 0 spiro atoms. The van der Waals surface area contributed by atoms with Gasteiger partial charge in [-0.2, -0.15) is 0 Å². The van der Waals surface area contributed by atoms with Gasteiger partial charge in [0.05, 0.1) is 6.61 Å². The smallest absolute Gasteiger partial charge is 0.410 e. The summed E-state index contributed by atoms with van der Waals surface area (Å²) in [7, 11) is 0. The van der Waals surface area contributed by atoms with E-state index < -0.39 is 11.7 Å². The Labute approximate surface area is 191 Å². The van der Waals surface area contributed by atoms with E-state index in [-0.39, 0.29) is 11.5 Å². The van der Waals surface area contributed by atoms with Crippen molar-refractivity contribution in [2.45, 2.75) is 65.3 Å². The first kappa shape index (κ1) is 24.0. The van der Waals surface area contributed by atoms with Crippen molar-refractivity contribution in [1.29, 1.82) is 0 Å². The van der Waals surface area contributed by atoms with E-state index in [1.807, 2.05) is 63.2 Å². The largest absolute Gasteiger partial charge is 0.444 e. The summed E-state index contributed by atoms with van der Waals surface area (Å²) in [6, 6.07) is 18.2. The van der Waals surface area contributed by atoms with E-state index in [4.69, 9.17) is 9.47 Å². The third-order valence-electron chi connectivity index (χ3n) is 6.21. The average Bonchev–Trinajstić information content (AvgIpc) is 2.76. The molecule has 1 fully saturated rings. The van der Waals surface area contributed by atoms with E-state index in [1.54, 1.807) is 4.90 Å². The first-order chi connectivity index (χ1) is 15.2. The van der Waals surface area contributed by atoms with Gasteiger partial charge in [0.15, 0.2) is 0 Å². The fourth-order valence-corrected chi connectivity index (χ4v) is 4.33. The number of benzene rings is 2. The summed E-state index contributed by atoms with van der Waals surface area (Å²) in [6.45, 7) is 9.18. The summed E-state index contributed by atoms with van der Waals surface area (Å²) in [6.07, 6.45) is 2.19. The molecule has 1 saturated heterocycles. The third kappa shape index (κ3) is 6.19. The van der Waals surface area contributed by atoms with Crippen molar-refractivity contribution in [3.63, 3.8) is 0 Å². The lowest BCUT2D eigenvalue weighted by molar-refractivity contribution is -0.133. The number of carbonyl (C=O) groups is 2. The number of hydrogen-bond donors (Lipinski definition) is 0. The predicted octanol–water partition coefficient (Wildman–Crippen LogP) is 5.34. The number of aryl methyl sites for hydroxylation is 1. The fourth-order valence-electron chi connectivity index (χ4n) is 4.33. The molecule has 32 heavy (non-hydrogen) atoms. The summed E-state index contributed by atoms with van der Waals surface area (Å²) in [5, 5.41) is 0. The van der Waals surface area contributed by atoms with Crippen LogP contribution in [-0.2, 0) is 27.3 Å². The Balaban J connectivity index is 1.79. The maximum atomic E-state index is 12.6. The van der Waals surface area contributed by atoms with Crippen molar-refractivity contribution in [2.75, 3.05) is 13.1 Å². The van der Waals surface area contributed by atoms with Crippen LogP contribution >= 0.6 is 0 Å². The lowest BCUT2D eigenvalue weighted by Gasteiger charge is -2.45. The maximum absolute atomic E-state index is 12.6. The number of rotatable bonds is 7. The molecule has 0 aliphatic carbocycles.